The van der Waals surface area contributed by atoms with Gasteiger partial charge in [-0.1, -0.05) is 321 Å². The molecular formula is C60H117NO3. The van der Waals surface area contributed by atoms with Crippen LogP contribution in [-0.2, 0) is 4.79 Å². The van der Waals surface area contributed by atoms with Crippen molar-refractivity contribution in [3.63, 3.8) is 0 Å². The first-order valence-corrected chi connectivity index (χ1v) is 29.6. The van der Waals surface area contributed by atoms with Gasteiger partial charge in [0, 0.05) is 6.42 Å². The second-order valence-electron chi connectivity index (χ2n) is 20.4. The summed E-state index contributed by atoms with van der Waals surface area (Å²) in [6, 6.07) is -0.636. The maximum atomic E-state index is 12.5. The van der Waals surface area contributed by atoms with E-state index in [1.807, 2.05) is 6.08 Å². The van der Waals surface area contributed by atoms with Gasteiger partial charge in [-0.05, 0) is 32.1 Å². The zero-order chi connectivity index (χ0) is 46.3. The Bertz CT molecular complexity index is 932. The van der Waals surface area contributed by atoms with Crippen LogP contribution in [0.25, 0.3) is 0 Å². The lowest BCUT2D eigenvalue weighted by Crippen LogP contribution is -2.45. The molecule has 0 saturated heterocycles. The molecule has 1 amide bonds. The molecule has 380 valence electrons. The fourth-order valence-corrected chi connectivity index (χ4v) is 9.43. The van der Waals surface area contributed by atoms with Gasteiger partial charge in [0.2, 0.25) is 5.91 Å². The van der Waals surface area contributed by atoms with Crippen molar-refractivity contribution in [1.82, 2.24) is 5.32 Å². The quantitative estimate of drug-likeness (QED) is 0.0421. The highest BCUT2D eigenvalue weighted by atomic mass is 16.3. The Labute approximate surface area is 402 Å². The van der Waals surface area contributed by atoms with E-state index in [9.17, 15) is 15.0 Å². The molecule has 0 rings (SSSR count). The van der Waals surface area contributed by atoms with Crippen LogP contribution in [0.4, 0.5) is 0 Å². The summed E-state index contributed by atoms with van der Waals surface area (Å²) in [5.41, 5.74) is 0. The van der Waals surface area contributed by atoms with Crippen molar-refractivity contribution < 1.29 is 15.0 Å². The van der Waals surface area contributed by atoms with Crippen molar-refractivity contribution in [2.75, 3.05) is 6.61 Å². The van der Waals surface area contributed by atoms with Crippen LogP contribution in [0, 0.1) is 0 Å². The number of unbranched alkanes of at least 4 members (excludes halogenated alkanes) is 46. The number of aliphatic hydroxyl groups excluding tert-OH is 2. The molecule has 0 aliphatic rings. The smallest absolute Gasteiger partial charge is 0.220 e. The first-order chi connectivity index (χ1) is 31.7. The van der Waals surface area contributed by atoms with Crippen LogP contribution in [-0.4, -0.2) is 34.9 Å². The number of amides is 1. The first-order valence-electron chi connectivity index (χ1n) is 29.6. The molecule has 0 aliphatic heterocycles. The molecule has 0 fully saturated rings. The zero-order valence-corrected chi connectivity index (χ0v) is 43.8. The van der Waals surface area contributed by atoms with Crippen LogP contribution in [0.2, 0.25) is 0 Å². The number of hydrogen-bond acceptors (Lipinski definition) is 3. The summed E-state index contributed by atoms with van der Waals surface area (Å²) in [7, 11) is 0. The summed E-state index contributed by atoms with van der Waals surface area (Å²) in [6.07, 6.45) is 75.0. The minimum absolute atomic E-state index is 0.0659. The van der Waals surface area contributed by atoms with E-state index in [1.165, 1.54) is 283 Å². The minimum atomic E-state index is -0.860. The number of hydrogen-bond donors (Lipinski definition) is 3. The van der Waals surface area contributed by atoms with E-state index in [0.717, 1.165) is 32.1 Å². The molecule has 0 aliphatic carbocycles. The van der Waals surface area contributed by atoms with E-state index in [4.69, 9.17) is 0 Å². The van der Waals surface area contributed by atoms with E-state index in [1.54, 1.807) is 6.08 Å². The summed E-state index contributed by atoms with van der Waals surface area (Å²) >= 11 is 0. The molecule has 0 saturated carbocycles. The summed E-state index contributed by atoms with van der Waals surface area (Å²) in [5, 5.41) is 23.2. The number of nitrogens with one attached hydrogen (secondary N) is 1. The second kappa shape index (κ2) is 56.2. The van der Waals surface area contributed by atoms with Crippen LogP contribution in [0.3, 0.4) is 0 Å². The molecule has 2 unspecified atom stereocenters. The third kappa shape index (κ3) is 51.8. The van der Waals surface area contributed by atoms with Gasteiger partial charge in [-0.3, -0.25) is 4.79 Å². The third-order valence-corrected chi connectivity index (χ3v) is 13.9. The highest BCUT2D eigenvalue weighted by Crippen LogP contribution is 2.18. The molecule has 64 heavy (non-hydrogen) atoms. The lowest BCUT2D eigenvalue weighted by Gasteiger charge is -2.19. The summed E-state index contributed by atoms with van der Waals surface area (Å²) in [5.74, 6) is -0.0659. The van der Waals surface area contributed by atoms with Crippen molar-refractivity contribution in [3.05, 3.63) is 24.3 Å². The van der Waals surface area contributed by atoms with Crippen LogP contribution >= 0.6 is 0 Å². The van der Waals surface area contributed by atoms with E-state index < -0.39 is 12.1 Å². The molecule has 0 spiro atoms. The van der Waals surface area contributed by atoms with Crippen molar-refractivity contribution in [1.29, 1.82) is 0 Å². The van der Waals surface area contributed by atoms with Gasteiger partial charge in [0.1, 0.15) is 0 Å². The Morgan fingerprint density at radius 3 is 0.906 bits per heavy atom. The monoisotopic (exact) mass is 900 g/mol. The number of aliphatic hydroxyl groups is 2. The summed E-state index contributed by atoms with van der Waals surface area (Å²) < 4.78 is 0. The fourth-order valence-electron chi connectivity index (χ4n) is 9.43. The van der Waals surface area contributed by atoms with E-state index in [2.05, 4.69) is 31.3 Å². The molecule has 4 heteroatoms. The molecule has 3 N–H and O–H groups in total. The fraction of sp³-hybridized carbons (Fsp3) is 0.917. The van der Waals surface area contributed by atoms with Crippen LogP contribution in [0.1, 0.15) is 335 Å². The van der Waals surface area contributed by atoms with E-state index >= 15 is 0 Å². The van der Waals surface area contributed by atoms with Crippen molar-refractivity contribution in [2.45, 2.75) is 347 Å². The number of carbonyl (C=O) groups is 1. The van der Waals surface area contributed by atoms with Gasteiger partial charge < -0.3 is 15.5 Å². The SMILES string of the molecule is CCCCCCCCCCCCCCCCCCC/C=C/CC/C=C/C(O)C(CO)NC(=O)CCCCCCCCCCCCCCCCCCCCCCCCCCCCCCC. The van der Waals surface area contributed by atoms with Gasteiger partial charge in [-0.2, -0.15) is 0 Å². The number of rotatable bonds is 55. The predicted molar refractivity (Wildman–Crippen MR) is 286 cm³/mol. The Morgan fingerprint density at radius 2 is 0.609 bits per heavy atom. The average molecular weight is 901 g/mol. The van der Waals surface area contributed by atoms with Gasteiger partial charge in [-0.25, -0.2) is 0 Å². The van der Waals surface area contributed by atoms with Gasteiger partial charge in [0.25, 0.3) is 0 Å². The van der Waals surface area contributed by atoms with Crippen molar-refractivity contribution >= 4 is 5.91 Å². The zero-order valence-electron chi connectivity index (χ0n) is 43.8. The molecule has 0 aromatic carbocycles. The number of carbonyl (C=O) groups excluding carboxylic acids is 1. The molecule has 0 aromatic heterocycles. The second-order valence-corrected chi connectivity index (χ2v) is 20.4. The maximum Gasteiger partial charge on any atom is 0.220 e. The topological polar surface area (TPSA) is 69.6 Å². The molecule has 2 atom stereocenters. The van der Waals surface area contributed by atoms with Crippen LogP contribution < -0.4 is 5.32 Å². The van der Waals surface area contributed by atoms with Gasteiger partial charge >= 0.3 is 0 Å². The lowest BCUT2D eigenvalue weighted by atomic mass is 10.0. The number of allylic oxidation sites excluding steroid dienone is 3. The molecule has 4 nitrogen and oxygen atoms in total. The van der Waals surface area contributed by atoms with Gasteiger partial charge in [-0.15, -0.1) is 0 Å². The standard InChI is InChI=1S/C60H117NO3/c1-3-5-7-9-11-13-15-17-19-21-23-25-27-28-29-30-31-32-34-36-38-40-42-44-46-48-50-52-54-56-60(64)61-58(57-62)59(63)55-53-51-49-47-45-43-41-39-37-35-33-26-24-22-20-18-16-14-12-10-8-6-4-2/h45,47,53,55,58-59,62-63H,3-44,46,48-52,54,56-57H2,1-2H3,(H,61,64)/b47-45+,55-53+. The largest absolute Gasteiger partial charge is 0.394 e. The molecule has 0 radical (unpaired) electrons. The average Bonchev–Trinajstić information content (AvgIpc) is 3.30. The Morgan fingerprint density at radius 1 is 0.359 bits per heavy atom. The van der Waals surface area contributed by atoms with Crippen molar-refractivity contribution in [2.24, 2.45) is 0 Å². The summed E-state index contributed by atoms with van der Waals surface area (Å²) in [6.45, 7) is 4.34. The predicted octanol–water partition coefficient (Wildman–Crippen LogP) is 19.5. The van der Waals surface area contributed by atoms with Crippen LogP contribution in [0.15, 0.2) is 24.3 Å². The van der Waals surface area contributed by atoms with Gasteiger partial charge in [0.15, 0.2) is 0 Å². The van der Waals surface area contributed by atoms with Gasteiger partial charge in [0.05, 0.1) is 18.8 Å². The normalized spacial score (nSPS) is 12.9. The highest BCUT2D eigenvalue weighted by molar-refractivity contribution is 5.76. The van der Waals surface area contributed by atoms with Crippen LogP contribution in [0.5, 0.6) is 0 Å². The summed E-state index contributed by atoms with van der Waals surface area (Å²) in [4.78, 5) is 12.5. The molecule has 0 aromatic rings. The highest BCUT2D eigenvalue weighted by Gasteiger charge is 2.18. The minimum Gasteiger partial charge on any atom is -0.394 e. The molecular weight excluding hydrogens is 783 g/mol. The van der Waals surface area contributed by atoms with E-state index in [-0.39, 0.29) is 12.5 Å². The molecule has 0 heterocycles. The molecule has 0 bridgehead atoms. The Balaban J connectivity index is 3.46. The lowest BCUT2D eigenvalue weighted by molar-refractivity contribution is -0.123. The first kappa shape index (κ1) is 62.9. The maximum absolute atomic E-state index is 12.5. The Hall–Kier alpha value is -1.13. The van der Waals surface area contributed by atoms with Crippen molar-refractivity contribution in [3.8, 4) is 0 Å². The van der Waals surface area contributed by atoms with E-state index in [0.29, 0.717) is 6.42 Å². The third-order valence-electron chi connectivity index (χ3n) is 13.9. The Kier molecular flexibility index (Phi) is 55.2.